The van der Waals surface area contributed by atoms with Crippen molar-refractivity contribution in [2.75, 3.05) is 11.9 Å². The topological polar surface area (TPSA) is 37.8 Å². The fourth-order valence-corrected chi connectivity index (χ4v) is 4.34. The quantitative estimate of drug-likeness (QED) is 0.579. The minimum atomic E-state index is 0.338. The largest absolute Gasteiger partial charge is 0.369 e. The van der Waals surface area contributed by atoms with Crippen LogP contribution >= 0.6 is 22.9 Å². The van der Waals surface area contributed by atoms with E-state index in [2.05, 4.69) is 28.3 Å². The van der Waals surface area contributed by atoms with E-state index in [9.17, 15) is 0 Å². The second-order valence-corrected chi connectivity index (χ2v) is 7.30. The normalized spacial score (nSPS) is 15.9. The monoisotopic (exact) mass is 323 g/mol. The van der Waals surface area contributed by atoms with Gasteiger partial charge in [-0.25, -0.2) is 9.97 Å². The number of aryl methyl sites for hydroxylation is 1. The van der Waals surface area contributed by atoms with E-state index >= 15 is 0 Å². The Hall–Kier alpha value is -0.870. The highest BCUT2D eigenvalue weighted by Gasteiger charge is 2.14. The van der Waals surface area contributed by atoms with Gasteiger partial charge in [-0.15, -0.1) is 11.3 Å². The SMILES string of the molecule is CCc1cc2c(NCCCC3CCCC3)nc(Cl)nc2s1. The second-order valence-electron chi connectivity index (χ2n) is 5.85. The van der Waals surface area contributed by atoms with Gasteiger partial charge < -0.3 is 5.32 Å². The van der Waals surface area contributed by atoms with Gasteiger partial charge in [-0.3, -0.25) is 0 Å². The van der Waals surface area contributed by atoms with Crippen LogP contribution in [0.4, 0.5) is 5.82 Å². The van der Waals surface area contributed by atoms with E-state index in [1.54, 1.807) is 11.3 Å². The Bertz CT molecular complexity index is 605. The van der Waals surface area contributed by atoms with Gasteiger partial charge in [0.25, 0.3) is 0 Å². The van der Waals surface area contributed by atoms with Gasteiger partial charge in [-0.1, -0.05) is 32.6 Å². The Kier molecular flexibility index (Phi) is 4.96. The van der Waals surface area contributed by atoms with E-state index in [0.717, 1.165) is 34.9 Å². The summed E-state index contributed by atoms with van der Waals surface area (Å²) in [5, 5.41) is 4.91. The number of thiophene rings is 1. The van der Waals surface area contributed by atoms with Crippen molar-refractivity contribution >= 4 is 39.0 Å². The fraction of sp³-hybridized carbons (Fsp3) is 0.625. The van der Waals surface area contributed by atoms with Crippen molar-refractivity contribution in [3.63, 3.8) is 0 Å². The molecule has 0 amide bonds. The van der Waals surface area contributed by atoms with E-state index in [1.807, 2.05) is 0 Å². The first-order valence-electron chi connectivity index (χ1n) is 7.96. The predicted molar refractivity (Wildman–Crippen MR) is 91.5 cm³/mol. The number of nitrogens with one attached hydrogen (secondary N) is 1. The van der Waals surface area contributed by atoms with Crippen LogP contribution < -0.4 is 5.32 Å². The van der Waals surface area contributed by atoms with Crippen molar-refractivity contribution in [3.8, 4) is 0 Å². The summed E-state index contributed by atoms with van der Waals surface area (Å²) in [4.78, 5) is 11.0. The van der Waals surface area contributed by atoms with Gasteiger partial charge in [0, 0.05) is 11.4 Å². The van der Waals surface area contributed by atoms with Gasteiger partial charge in [0.15, 0.2) is 0 Å². The number of fused-ring (bicyclic) bond motifs is 1. The van der Waals surface area contributed by atoms with Crippen LogP contribution in [0.25, 0.3) is 10.2 Å². The Morgan fingerprint density at radius 2 is 2.14 bits per heavy atom. The van der Waals surface area contributed by atoms with E-state index in [1.165, 1.54) is 43.4 Å². The molecular weight excluding hydrogens is 302 g/mol. The first kappa shape index (κ1) is 15.0. The third-order valence-electron chi connectivity index (χ3n) is 4.32. The molecule has 0 unspecified atom stereocenters. The maximum atomic E-state index is 6.04. The highest BCUT2D eigenvalue weighted by molar-refractivity contribution is 7.18. The summed E-state index contributed by atoms with van der Waals surface area (Å²) in [5.41, 5.74) is 0. The Morgan fingerprint density at radius 3 is 2.90 bits per heavy atom. The van der Waals surface area contributed by atoms with Crippen molar-refractivity contribution in [1.82, 2.24) is 9.97 Å². The summed E-state index contributed by atoms with van der Waals surface area (Å²) in [6, 6.07) is 2.19. The lowest BCUT2D eigenvalue weighted by Gasteiger charge is -2.10. The average molecular weight is 324 g/mol. The molecule has 0 radical (unpaired) electrons. The molecule has 3 rings (SSSR count). The van der Waals surface area contributed by atoms with Crippen LogP contribution in [0.5, 0.6) is 0 Å². The molecule has 1 saturated carbocycles. The average Bonchev–Trinajstić information content (AvgIpc) is 3.11. The van der Waals surface area contributed by atoms with E-state index in [-0.39, 0.29) is 0 Å². The van der Waals surface area contributed by atoms with Crippen LogP contribution in [0.3, 0.4) is 0 Å². The molecule has 1 aliphatic rings. The summed E-state index contributed by atoms with van der Waals surface area (Å²) in [5.74, 6) is 1.85. The number of anilines is 1. The zero-order chi connectivity index (χ0) is 14.7. The Labute approximate surface area is 135 Å². The minimum absolute atomic E-state index is 0.338. The molecule has 2 aromatic rings. The maximum Gasteiger partial charge on any atom is 0.225 e. The molecule has 0 saturated heterocycles. The summed E-state index contributed by atoms with van der Waals surface area (Å²) in [7, 11) is 0. The molecule has 1 fully saturated rings. The molecular formula is C16H22ClN3S. The first-order valence-corrected chi connectivity index (χ1v) is 9.15. The van der Waals surface area contributed by atoms with E-state index < -0.39 is 0 Å². The standard InChI is InChI=1S/C16H22ClN3S/c1-2-12-10-13-14(19-16(17)20-15(13)21-12)18-9-5-8-11-6-3-4-7-11/h10-11H,2-9H2,1H3,(H,18,19,20). The van der Waals surface area contributed by atoms with Crippen molar-refractivity contribution in [3.05, 3.63) is 16.2 Å². The minimum Gasteiger partial charge on any atom is -0.369 e. The molecule has 2 aromatic heterocycles. The molecule has 1 N–H and O–H groups in total. The van der Waals surface area contributed by atoms with Gasteiger partial charge in [-0.2, -0.15) is 0 Å². The van der Waals surface area contributed by atoms with Crippen LogP contribution in [-0.2, 0) is 6.42 Å². The summed E-state index contributed by atoms with van der Waals surface area (Å²) >= 11 is 7.75. The fourth-order valence-electron chi connectivity index (χ4n) is 3.15. The third-order valence-corrected chi connectivity index (χ3v) is 5.66. The van der Waals surface area contributed by atoms with Crippen molar-refractivity contribution in [2.45, 2.75) is 51.9 Å². The number of hydrogen-bond acceptors (Lipinski definition) is 4. The maximum absolute atomic E-state index is 6.04. The van der Waals surface area contributed by atoms with Crippen LogP contribution in [0, 0.1) is 5.92 Å². The highest BCUT2D eigenvalue weighted by Crippen LogP contribution is 2.31. The number of nitrogens with zero attached hydrogens (tertiary/aromatic N) is 2. The zero-order valence-corrected chi connectivity index (χ0v) is 14.1. The molecule has 0 atom stereocenters. The van der Waals surface area contributed by atoms with Crippen LogP contribution in [-0.4, -0.2) is 16.5 Å². The second kappa shape index (κ2) is 6.93. The summed E-state index contributed by atoms with van der Waals surface area (Å²) < 4.78 is 0. The third kappa shape index (κ3) is 3.67. The van der Waals surface area contributed by atoms with Crippen molar-refractivity contribution in [2.24, 2.45) is 5.92 Å². The van der Waals surface area contributed by atoms with Crippen molar-refractivity contribution < 1.29 is 0 Å². The molecule has 3 nitrogen and oxygen atoms in total. The number of hydrogen-bond donors (Lipinski definition) is 1. The number of aromatic nitrogens is 2. The van der Waals surface area contributed by atoms with Crippen LogP contribution in [0.15, 0.2) is 6.07 Å². The molecule has 0 aliphatic heterocycles. The lowest BCUT2D eigenvalue weighted by molar-refractivity contribution is 0.491. The molecule has 0 spiro atoms. The van der Waals surface area contributed by atoms with E-state index in [0.29, 0.717) is 5.28 Å². The predicted octanol–water partition coefficient (Wildman–Crippen LogP) is 5.29. The van der Waals surface area contributed by atoms with Gasteiger partial charge >= 0.3 is 0 Å². The number of rotatable bonds is 6. The van der Waals surface area contributed by atoms with Crippen molar-refractivity contribution in [1.29, 1.82) is 0 Å². The Balaban J connectivity index is 1.63. The molecule has 0 aromatic carbocycles. The zero-order valence-electron chi connectivity index (χ0n) is 12.5. The smallest absolute Gasteiger partial charge is 0.225 e. The molecule has 5 heteroatoms. The Morgan fingerprint density at radius 1 is 1.33 bits per heavy atom. The molecule has 1 aliphatic carbocycles. The van der Waals surface area contributed by atoms with E-state index in [4.69, 9.17) is 11.6 Å². The molecule has 21 heavy (non-hydrogen) atoms. The van der Waals surface area contributed by atoms with Crippen LogP contribution in [0.1, 0.15) is 50.3 Å². The molecule has 0 bridgehead atoms. The van der Waals surface area contributed by atoms with Gasteiger partial charge in [-0.05, 0) is 42.8 Å². The van der Waals surface area contributed by atoms with Gasteiger partial charge in [0.05, 0.1) is 5.39 Å². The molecule has 114 valence electrons. The number of halogens is 1. The summed E-state index contributed by atoms with van der Waals surface area (Å²) in [6.07, 6.45) is 9.27. The van der Waals surface area contributed by atoms with Crippen LogP contribution in [0.2, 0.25) is 5.28 Å². The lowest BCUT2D eigenvalue weighted by atomic mass is 10.0. The summed E-state index contributed by atoms with van der Waals surface area (Å²) in [6.45, 7) is 3.13. The molecule has 2 heterocycles. The lowest BCUT2D eigenvalue weighted by Crippen LogP contribution is -2.06. The first-order chi connectivity index (χ1) is 10.3. The van der Waals surface area contributed by atoms with Gasteiger partial charge in [0.2, 0.25) is 5.28 Å². The van der Waals surface area contributed by atoms with Gasteiger partial charge in [0.1, 0.15) is 10.6 Å². The highest BCUT2D eigenvalue weighted by atomic mass is 35.5.